The van der Waals surface area contributed by atoms with E-state index in [1.54, 1.807) is 37.3 Å². The number of nitrogens with one attached hydrogen (secondary N) is 1. The maximum atomic E-state index is 13.2. The number of benzene rings is 1. The summed E-state index contributed by atoms with van der Waals surface area (Å²) in [6.07, 6.45) is 2.26. The number of hydrogen-bond donors (Lipinski definition) is 1. The molecule has 2 aromatic heterocycles. The highest BCUT2D eigenvalue weighted by atomic mass is 16.5. The monoisotopic (exact) mass is 410 g/mol. The van der Waals surface area contributed by atoms with Gasteiger partial charge in [-0.2, -0.15) is 0 Å². The molecule has 0 radical (unpaired) electrons. The molecule has 1 aromatic carbocycles. The minimum Gasteiger partial charge on any atom is -0.490 e. The van der Waals surface area contributed by atoms with Gasteiger partial charge in [0.25, 0.3) is 11.8 Å². The van der Waals surface area contributed by atoms with E-state index in [1.165, 1.54) is 6.26 Å². The third-order valence-corrected chi connectivity index (χ3v) is 5.09. The summed E-state index contributed by atoms with van der Waals surface area (Å²) < 4.78 is 22.1. The molecule has 0 aliphatic carbocycles. The summed E-state index contributed by atoms with van der Waals surface area (Å²) in [6.45, 7) is 2.58. The molecule has 10 heteroatoms. The third kappa shape index (κ3) is 2.97. The molecule has 3 amide bonds. The van der Waals surface area contributed by atoms with E-state index in [9.17, 15) is 9.59 Å². The highest BCUT2D eigenvalue weighted by Crippen LogP contribution is 2.37. The van der Waals surface area contributed by atoms with Crippen molar-refractivity contribution >= 4 is 11.9 Å². The molecule has 2 aliphatic heterocycles. The maximum absolute atomic E-state index is 13.2. The fraction of sp³-hybridized carbons (Fsp3) is 0.300. The lowest BCUT2D eigenvalue weighted by molar-refractivity contribution is -0.131. The molecule has 10 nitrogen and oxygen atoms in total. The first-order valence-corrected chi connectivity index (χ1v) is 9.45. The molecule has 1 atom stereocenters. The predicted octanol–water partition coefficient (Wildman–Crippen LogP) is 2.46. The van der Waals surface area contributed by atoms with E-state index in [0.29, 0.717) is 36.0 Å². The number of ether oxygens (including phenoxy) is 2. The van der Waals surface area contributed by atoms with Gasteiger partial charge in [0.2, 0.25) is 5.89 Å². The van der Waals surface area contributed by atoms with Crippen LogP contribution in [0.2, 0.25) is 0 Å². The zero-order valence-corrected chi connectivity index (χ0v) is 16.1. The molecule has 0 bridgehead atoms. The van der Waals surface area contributed by atoms with Gasteiger partial charge in [-0.25, -0.2) is 4.79 Å². The highest BCUT2D eigenvalue weighted by molar-refractivity contribution is 6.07. The molecule has 1 N–H and O–H groups in total. The number of imide groups is 1. The van der Waals surface area contributed by atoms with Crippen molar-refractivity contribution < 1.29 is 27.9 Å². The normalized spacial score (nSPS) is 20.9. The highest BCUT2D eigenvalue weighted by Gasteiger charge is 2.49. The quantitative estimate of drug-likeness (QED) is 0.652. The van der Waals surface area contributed by atoms with Gasteiger partial charge in [0.1, 0.15) is 12.1 Å². The van der Waals surface area contributed by atoms with Gasteiger partial charge in [-0.05, 0) is 36.8 Å². The van der Waals surface area contributed by atoms with Crippen molar-refractivity contribution in [2.45, 2.75) is 25.4 Å². The fourth-order valence-electron chi connectivity index (χ4n) is 3.46. The van der Waals surface area contributed by atoms with Gasteiger partial charge in [0.15, 0.2) is 17.3 Å². The van der Waals surface area contributed by atoms with Crippen LogP contribution < -0.4 is 14.8 Å². The minimum atomic E-state index is -1.26. The number of hydrogen-bond acceptors (Lipinski definition) is 8. The van der Waals surface area contributed by atoms with Crippen molar-refractivity contribution in [3.63, 3.8) is 0 Å². The summed E-state index contributed by atoms with van der Waals surface area (Å²) in [7, 11) is 0. The van der Waals surface area contributed by atoms with Crippen LogP contribution in [0.15, 0.2) is 45.4 Å². The Balaban J connectivity index is 1.39. The first-order chi connectivity index (χ1) is 14.5. The Morgan fingerprint density at radius 1 is 1.13 bits per heavy atom. The number of rotatable bonds is 4. The van der Waals surface area contributed by atoms with Crippen molar-refractivity contribution in [1.82, 2.24) is 20.4 Å². The standard InChI is InChI=1S/C20H18N4O6/c1-20(12-5-6-13-15(10-12)29-9-3-8-27-13)18(25)24(19(26)21-20)11-16-22-23-17(30-16)14-4-2-7-28-14/h2,4-7,10H,3,8-9,11H2,1H3,(H,21,26)/t20-/m1/s1. The summed E-state index contributed by atoms with van der Waals surface area (Å²) in [6, 6.07) is 8.04. The number of aromatic nitrogens is 2. The summed E-state index contributed by atoms with van der Waals surface area (Å²) in [4.78, 5) is 26.8. The Hall–Kier alpha value is -3.82. The number of carbonyl (C=O) groups is 2. The van der Waals surface area contributed by atoms with E-state index in [4.69, 9.17) is 18.3 Å². The number of fused-ring (bicyclic) bond motifs is 1. The van der Waals surface area contributed by atoms with Crippen LogP contribution in [0.1, 0.15) is 24.8 Å². The molecular weight excluding hydrogens is 392 g/mol. The number of urea groups is 1. The van der Waals surface area contributed by atoms with Crippen LogP contribution in [-0.4, -0.2) is 40.2 Å². The van der Waals surface area contributed by atoms with Gasteiger partial charge in [0.05, 0.1) is 19.5 Å². The summed E-state index contributed by atoms with van der Waals surface area (Å²) in [5.74, 6) is 1.43. The number of furan rings is 1. The molecule has 5 rings (SSSR count). The van der Waals surface area contributed by atoms with Crippen LogP contribution in [0.25, 0.3) is 11.7 Å². The van der Waals surface area contributed by atoms with Gasteiger partial charge in [-0.15, -0.1) is 10.2 Å². The van der Waals surface area contributed by atoms with Crippen molar-refractivity contribution in [2.24, 2.45) is 0 Å². The van der Waals surface area contributed by atoms with Crippen LogP contribution in [0.5, 0.6) is 11.5 Å². The lowest BCUT2D eigenvalue weighted by atomic mass is 9.91. The van der Waals surface area contributed by atoms with Gasteiger partial charge in [0, 0.05) is 6.42 Å². The SMILES string of the molecule is C[C@]1(c2ccc3c(c2)OCCCO3)NC(=O)N(Cc2nnc(-c3ccco3)o2)C1=O. The van der Waals surface area contributed by atoms with Gasteiger partial charge < -0.3 is 23.6 Å². The average molecular weight is 410 g/mol. The lowest BCUT2D eigenvalue weighted by Crippen LogP contribution is -2.40. The molecule has 154 valence electrons. The molecule has 1 saturated heterocycles. The van der Waals surface area contributed by atoms with Crippen LogP contribution in [-0.2, 0) is 16.9 Å². The van der Waals surface area contributed by atoms with Crippen LogP contribution in [0.4, 0.5) is 4.79 Å². The number of amides is 3. The van der Waals surface area contributed by atoms with E-state index in [1.807, 2.05) is 0 Å². The Morgan fingerprint density at radius 3 is 2.77 bits per heavy atom. The summed E-state index contributed by atoms with van der Waals surface area (Å²) in [5, 5.41) is 10.6. The second kappa shape index (κ2) is 6.90. The van der Waals surface area contributed by atoms with Crippen molar-refractivity contribution in [2.75, 3.05) is 13.2 Å². The summed E-state index contributed by atoms with van der Waals surface area (Å²) >= 11 is 0. The Bertz CT molecular complexity index is 1110. The van der Waals surface area contributed by atoms with E-state index in [0.717, 1.165) is 11.3 Å². The molecule has 3 aromatic rings. The number of carbonyl (C=O) groups excluding carboxylic acids is 2. The Kier molecular flexibility index (Phi) is 4.19. The van der Waals surface area contributed by atoms with Crippen LogP contribution >= 0.6 is 0 Å². The topological polar surface area (TPSA) is 120 Å². The zero-order valence-electron chi connectivity index (χ0n) is 16.1. The van der Waals surface area contributed by atoms with E-state index < -0.39 is 17.5 Å². The fourth-order valence-corrected chi connectivity index (χ4v) is 3.46. The summed E-state index contributed by atoms with van der Waals surface area (Å²) in [5.41, 5.74) is -0.666. The molecule has 0 saturated carbocycles. The smallest absolute Gasteiger partial charge is 0.325 e. The van der Waals surface area contributed by atoms with Crippen LogP contribution in [0.3, 0.4) is 0 Å². The van der Waals surface area contributed by atoms with Gasteiger partial charge in [-0.1, -0.05) is 6.07 Å². The third-order valence-electron chi connectivity index (χ3n) is 5.09. The van der Waals surface area contributed by atoms with E-state index >= 15 is 0 Å². The average Bonchev–Trinajstić information content (AvgIpc) is 3.43. The molecule has 1 fully saturated rings. The molecule has 2 aliphatic rings. The molecule has 0 unspecified atom stereocenters. The van der Waals surface area contributed by atoms with Gasteiger partial charge >= 0.3 is 6.03 Å². The van der Waals surface area contributed by atoms with Crippen LogP contribution in [0, 0.1) is 0 Å². The molecule has 30 heavy (non-hydrogen) atoms. The van der Waals surface area contributed by atoms with Gasteiger partial charge in [-0.3, -0.25) is 9.69 Å². The maximum Gasteiger partial charge on any atom is 0.325 e. The zero-order chi connectivity index (χ0) is 20.7. The Morgan fingerprint density at radius 2 is 1.97 bits per heavy atom. The largest absolute Gasteiger partial charge is 0.490 e. The molecular formula is C20H18N4O6. The first-order valence-electron chi connectivity index (χ1n) is 9.45. The minimum absolute atomic E-state index is 0.118. The first kappa shape index (κ1) is 18.2. The second-order valence-electron chi connectivity index (χ2n) is 7.14. The predicted molar refractivity (Wildman–Crippen MR) is 100 cm³/mol. The molecule has 0 spiro atoms. The lowest BCUT2D eigenvalue weighted by Gasteiger charge is -2.23. The molecule has 4 heterocycles. The second-order valence-corrected chi connectivity index (χ2v) is 7.14. The van der Waals surface area contributed by atoms with Crippen molar-refractivity contribution in [3.8, 4) is 23.1 Å². The number of nitrogens with zero attached hydrogens (tertiary/aromatic N) is 3. The van der Waals surface area contributed by atoms with E-state index in [-0.39, 0.29) is 18.3 Å². The Labute approximate surface area is 170 Å². The van der Waals surface area contributed by atoms with Crippen molar-refractivity contribution in [1.29, 1.82) is 0 Å². The van der Waals surface area contributed by atoms with Crippen molar-refractivity contribution in [3.05, 3.63) is 48.0 Å². The van der Waals surface area contributed by atoms with E-state index in [2.05, 4.69) is 15.5 Å².